The summed E-state index contributed by atoms with van der Waals surface area (Å²) < 4.78 is 27.0. The summed E-state index contributed by atoms with van der Waals surface area (Å²) in [4.78, 5) is 12.6. The molecule has 0 unspecified atom stereocenters. The zero-order chi connectivity index (χ0) is 20.1. The molecule has 0 radical (unpaired) electrons. The van der Waals surface area contributed by atoms with Crippen molar-refractivity contribution in [1.29, 1.82) is 0 Å². The van der Waals surface area contributed by atoms with Crippen molar-refractivity contribution in [2.45, 2.75) is 32.1 Å². The molecule has 2 aromatic carbocycles. The predicted molar refractivity (Wildman–Crippen MR) is 111 cm³/mol. The molecule has 28 heavy (non-hydrogen) atoms. The molecule has 1 aliphatic heterocycles. The molecule has 1 fully saturated rings. The van der Waals surface area contributed by atoms with Gasteiger partial charge in [0.05, 0.1) is 11.7 Å². The number of sulfonamides is 1. The minimum absolute atomic E-state index is 0.0942. The number of hydrogen-bond donors (Lipinski definition) is 1. The number of amides is 1. The zero-order valence-corrected chi connectivity index (χ0v) is 17.5. The normalized spacial score (nSPS) is 18.0. The Morgan fingerprint density at radius 2 is 1.93 bits per heavy atom. The monoisotopic (exact) mass is 420 g/mol. The third-order valence-corrected chi connectivity index (χ3v) is 7.03. The molecule has 0 aliphatic carbocycles. The van der Waals surface area contributed by atoms with Crippen molar-refractivity contribution in [3.63, 3.8) is 0 Å². The van der Waals surface area contributed by atoms with E-state index in [0.717, 1.165) is 5.56 Å². The van der Waals surface area contributed by atoms with Gasteiger partial charge in [0, 0.05) is 24.7 Å². The van der Waals surface area contributed by atoms with Crippen LogP contribution in [0.15, 0.2) is 48.5 Å². The Balaban J connectivity index is 1.59. The summed E-state index contributed by atoms with van der Waals surface area (Å²) in [5.41, 5.74) is 2.85. The van der Waals surface area contributed by atoms with Gasteiger partial charge in [0.2, 0.25) is 15.9 Å². The molecule has 1 amide bonds. The number of halogens is 1. The van der Waals surface area contributed by atoms with Crippen LogP contribution in [-0.4, -0.2) is 31.7 Å². The van der Waals surface area contributed by atoms with Crippen LogP contribution in [0.25, 0.3) is 0 Å². The number of piperidine rings is 1. The Kier molecular flexibility index (Phi) is 6.75. The molecule has 1 aliphatic rings. The maximum atomic E-state index is 12.8. The molecule has 0 spiro atoms. The SMILES string of the molecule is Cc1ccc(CNC(=O)[C@@H]2CCCN(S(=O)(=O)Cc3cccc(Cl)c3)C2)cc1. The number of rotatable bonds is 6. The van der Waals surface area contributed by atoms with Crippen molar-refractivity contribution in [2.75, 3.05) is 13.1 Å². The van der Waals surface area contributed by atoms with Crippen molar-refractivity contribution >= 4 is 27.5 Å². The number of benzene rings is 2. The maximum absolute atomic E-state index is 12.8. The van der Waals surface area contributed by atoms with Gasteiger partial charge >= 0.3 is 0 Å². The summed E-state index contributed by atoms with van der Waals surface area (Å²) in [6.07, 6.45) is 1.38. The lowest BCUT2D eigenvalue weighted by Gasteiger charge is -2.31. The molecule has 5 nitrogen and oxygen atoms in total. The first kappa shape index (κ1) is 20.8. The van der Waals surface area contributed by atoms with Crippen LogP contribution in [0.1, 0.15) is 29.5 Å². The van der Waals surface area contributed by atoms with Crippen molar-refractivity contribution in [3.05, 3.63) is 70.2 Å². The average Bonchev–Trinajstić information content (AvgIpc) is 2.67. The average molecular weight is 421 g/mol. The maximum Gasteiger partial charge on any atom is 0.224 e. The van der Waals surface area contributed by atoms with E-state index in [1.165, 1.54) is 9.87 Å². The fourth-order valence-electron chi connectivity index (χ4n) is 3.38. The predicted octanol–water partition coefficient (Wildman–Crippen LogP) is 3.51. The molecule has 3 rings (SSSR count). The van der Waals surface area contributed by atoms with Gasteiger partial charge in [-0.15, -0.1) is 0 Å². The van der Waals surface area contributed by atoms with E-state index >= 15 is 0 Å². The molecule has 1 heterocycles. The molecule has 2 aromatic rings. The van der Waals surface area contributed by atoms with Gasteiger partial charge in [0.15, 0.2) is 0 Å². The van der Waals surface area contributed by atoms with E-state index in [1.807, 2.05) is 31.2 Å². The Morgan fingerprint density at radius 3 is 2.64 bits per heavy atom. The van der Waals surface area contributed by atoms with Crippen LogP contribution < -0.4 is 5.32 Å². The smallest absolute Gasteiger partial charge is 0.224 e. The Hall–Kier alpha value is -1.89. The third-order valence-electron chi connectivity index (χ3n) is 4.97. The molecular weight excluding hydrogens is 396 g/mol. The number of carbonyl (C=O) groups excluding carboxylic acids is 1. The highest BCUT2D eigenvalue weighted by atomic mass is 35.5. The second-order valence-electron chi connectivity index (χ2n) is 7.29. The number of nitrogens with one attached hydrogen (secondary N) is 1. The van der Waals surface area contributed by atoms with Crippen molar-refractivity contribution in [1.82, 2.24) is 9.62 Å². The first-order valence-electron chi connectivity index (χ1n) is 9.39. The van der Waals surface area contributed by atoms with E-state index in [4.69, 9.17) is 11.6 Å². The molecular formula is C21H25ClN2O3S. The first-order chi connectivity index (χ1) is 13.3. The van der Waals surface area contributed by atoms with Crippen molar-refractivity contribution < 1.29 is 13.2 Å². The number of aryl methyl sites for hydroxylation is 1. The van der Waals surface area contributed by atoms with E-state index in [0.29, 0.717) is 36.5 Å². The largest absolute Gasteiger partial charge is 0.352 e. The van der Waals surface area contributed by atoms with Crippen LogP contribution >= 0.6 is 11.6 Å². The van der Waals surface area contributed by atoms with E-state index in [2.05, 4.69) is 5.32 Å². The standard InChI is InChI=1S/C21H25ClN2O3S/c1-16-7-9-17(10-8-16)13-23-21(25)19-5-3-11-24(14-19)28(26,27)15-18-4-2-6-20(22)12-18/h2,4,6-10,12,19H,3,5,11,13-15H2,1H3,(H,23,25)/t19-/m1/s1. The van der Waals surface area contributed by atoms with Gasteiger partial charge in [-0.3, -0.25) is 4.79 Å². The summed E-state index contributed by atoms with van der Waals surface area (Å²) in [6.45, 7) is 3.14. The topological polar surface area (TPSA) is 66.5 Å². The van der Waals surface area contributed by atoms with Gasteiger partial charge in [0.25, 0.3) is 0 Å². The van der Waals surface area contributed by atoms with Crippen LogP contribution in [0.2, 0.25) is 5.02 Å². The van der Waals surface area contributed by atoms with Crippen molar-refractivity contribution in [2.24, 2.45) is 5.92 Å². The van der Waals surface area contributed by atoms with Gasteiger partial charge < -0.3 is 5.32 Å². The van der Waals surface area contributed by atoms with E-state index < -0.39 is 10.0 Å². The minimum atomic E-state index is -3.50. The molecule has 1 saturated heterocycles. The Bertz CT molecular complexity index is 929. The number of hydrogen-bond acceptors (Lipinski definition) is 3. The quantitative estimate of drug-likeness (QED) is 0.777. The Labute approximate surface area is 171 Å². The molecule has 7 heteroatoms. The van der Waals surface area contributed by atoms with Gasteiger partial charge in [-0.05, 0) is 43.0 Å². The molecule has 0 saturated carbocycles. The number of nitrogens with zero attached hydrogens (tertiary/aromatic N) is 1. The summed E-state index contributed by atoms with van der Waals surface area (Å²) in [7, 11) is -3.50. The highest BCUT2D eigenvalue weighted by Crippen LogP contribution is 2.22. The van der Waals surface area contributed by atoms with Crippen LogP contribution in [0, 0.1) is 12.8 Å². The molecule has 1 atom stereocenters. The lowest BCUT2D eigenvalue weighted by molar-refractivity contribution is -0.126. The fourth-order valence-corrected chi connectivity index (χ4v) is 5.19. The van der Waals surface area contributed by atoms with Gasteiger partial charge in [-0.2, -0.15) is 0 Å². The van der Waals surface area contributed by atoms with Crippen LogP contribution in [0.3, 0.4) is 0 Å². The zero-order valence-electron chi connectivity index (χ0n) is 15.9. The lowest BCUT2D eigenvalue weighted by Crippen LogP contribution is -2.45. The minimum Gasteiger partial charge on any atom is -0.352 e. The van der Waals surface area contributed by atoms with Crippen LogP contribution in [0.5, 0.6) is 0 Å². The van der Waals surface area contributed by atoms with E-state index in [-0.39, 0.29) is 24.1 Å². The molecule has 0 aromatic heterocycles. The highest BCUT2D eigenvalue weighted by Gasteiger charge is 2.32. The Morgan fingerprint density at radius 1 is 1.18 bits per heavy atom. The molecule has 0 bridgehead atoms. The second kappa shape index (κ2) is 9.07. The van der Waals surface area contributed by atoms with Crippen LogP contribution in [-0.2, 0) is 27.1 Å². The molecule has 1 N–H and O–H groups in total. The summed E-state index contributed by atoms with van der Waals surface area (Å²) in [5, 5.41) is 3.45. The fraction of sp³-hybridized carbons (Fsp3) is 0.381. The van der Waals surface area contributed by atoms with E-state index in [9.17, 15) is 13.2 Å². The summed E-state index contributed by atoms with van der Waals surface area (Å²) >= 11 is 5.96. The van der Waals surface area contributed by atoms with Gasteiger partial charge in [0.1, 0.15) is 0 Å². The first-order valence-corrected chi connectivity index (χ1v) is 11.4. The summed E-state index contributed by atoms with van der Waals surface area (Å²) in [6, 6.07) is 14.8. The lowest BCUT2D eigenvalue weighted by atomic mass is 9.98. The van der Waals surface area contributed by atoms with E-state index in [1.54, 1.807) is 24.3 Å². The van der Waals surface area contributed by atoms with Crippen molar-refractivity contribution in [3.8, 4) is 0 Å². The van der Waals surface area contributed by atoms with Gasteiger partial charge in [-0.25, -0.2) is 12.7 Å². The van der Waals surface area contributed by atoms with Gasteiger partial charge in [-0.1, -0.05) is 53.6 Å². The number of carbonyl (C=O) groups is 1. The second-order valence-corrected chi connectivity index (χ2v) is 9.69. The third kappa shape index (κ3) is 5.56. The summed E-state index contributed by atoms with van der Waals surface area (Å²) in [5.74, 6) is -0.526. The highest BCUT2D eigenvalue weighted by molar-refractivity contribution is 7.88. The van der Waals surface area contributed by atoms with Crippen LogP contribution in [0.4, 0.5) is 0 Å². The molecule has 150 valence electrons.